The molecule has 150 valence electrons. The number of hydrogen-bond acceptors (Lipinski definition) is 6. The van der Waals surface area contributed by atoms with Gasteiger partial charge in [-0.15, -0.1) is 0 Å². The van der Waals surface area contributed by atoms with Crippen LogP contribution in [0.15, 0.2) is 51.9 Å². The van der Waals surface area contributed by atoms with Crippen molar-refractivity contribution in [1.82, 2.24) is 19.6 Å². The zero-order valence-electron chi connectivity index (χ0n) is 16.2. The number of ether oxygens (including phenoxy) is 1. The van der Waals surface area contributed by atoms with E-state index >= 15 is 0 Å². The van der Waals surface area contributed by atoms with Crippen molar-refractivity contribution in [3.8, 4) is 28.6 Å². The molecule has 0 saturated carbocycles. The van der Waals surface area contributed by atoms with Crippen LogP contribution in [-0.4, -0.2) is 45.7 Å². The van der Waals surface area contributed by atoms with Gasteiger partial charge in [-0.3, -0.25) is 9.59 Å². The van der Waals surface area contributed by atoms with E-state index in [2.05, 4.69) is 10.1 Å². The van der Waals surface area contributed by atoms with E-state index in [1.54, 1.807) is 19.4 Å². The summed E-state index contributed by atoms with van der Waals surface area (Å²) in [7, 11) is 1.60. The van der Waals surface area contributed by atoms with E-state index in [4.69, 9.17) is 9.26 Å². The molecule has 3 aromatic rings. The largest absolute Gasteiger partial charge is 0.497 e. The number of amides is 1. The van der Waals surface area contributed by atoms with Crippen molar-refractivity contribution in [2.45, 2.75) is 25.8 Å². The highest BCUT2D eigenvalue weighted by Crippen LogP contribution is 2.23. The molecule has 0 N–H and O–H groups in total. The van der Waals surface area contributed by atoms with Gasteiger partial charge in [0, 0.05) is 30.9 Å². The van der Waals surface area contributed by atoms with Gasteiger partial charge in [-0.1, -0.05) is 5.16 Å². The number of rotatable bonds is 5. The Morgan fingerprint density at radius 3 is 2.52 bits per heavy atom. The molecule has 8 heteroatoms. The van der Waals surface area contributed by atoms with Crippen LogP contribution in [0.25, 0.3) is 22.8 Å². The molecule has 3 heterocycles. The smallest absolute Gasteiger partial charge is 0.259 e. The molecule has 1 amide bonds. The third-order valence-electron chi connectivity index (χ3n) is 5.02. The van der Waals surface area contributed by atoms with E-state index in [1.165, 1.54) is 10.6 Å². The fourth-order valence-electron chi connectivity index (χ4n) is 3.37. The highest BCUT2D eigenvalue weighted by atomic mass is 16.5. The lowest BCUT2D eigenvalue weighted by atomic mass is 10.1. The fraction of sp³-hybridized carbons (Fsp3) is 0.333. The normalized spacial score (nSPS) is 14.0. The Labute approximate surface area is 167 Å². The molecule has 0 unspecified atom stereocenters. The zero-order chi connectivity index (χ0) is 20.2. The van der Waals surface area contributed by atoms with Crippen molar-refractivity contribution in [3.63, 3.8) is 0 Å². The number of carbonyl (C=O) groups is 1. The molecule has 0 atom stereocenters. The van der Waals surface area contributed by atoms with Gasteiger partial charge in [0.1, 0.15) is 12.3 Å². The van der Waals surface area contributed by atoms with Crippen LogP contribution in [0.1, 0.15) is 19.3 Å². The van der Waals surface area contributed by atoms with Gasteiger partial charge in [-0.25, -0.2) is 0 Å². The summed E-state index contributed by atoms with van der Waals surface area (Å²) in [6, 6.07) is 10.3. The summed E-state index contributed by atoms with van der Waals surface area (Å²) in [5.41, 5.74) is 1.13. The highest BCUT2D eigenvalue weighted by molar-refractivity contribution is 5.76. The monoisotopic (exact) mass is 394 g/mol. The second-order valence-corrected chi connectivity index (χ2v) is 6.98. The van der Waals surface area contributed by atoms with Crippen LogP contribution in [0.5, 0.6) is 5.75 Å². The average molecular weight is 394 g/mol. The molecule has 29 heavy (non-hydrogen) atoms. The number of likely N-dealkylation sites (tertiary alicyclic amines) is 1. The first-order valence-corrected chi connectivity index (χ1v) is 9.61. The van der Waals surface area contributed by atoms with Gasteiger partial charge in [0.05, 0.1) is 12.7 Å². The summed E-state index contributed by atoms with van der Waals surface area (Å²) >= 11 is 0. The number of piperidine rings is 1. The molecule has 0 bridgehead atoms. The van der Waals surface area contributed by atoms with Gasteiger partial charge in [0.2, 0.25) is 11.7 Å². The molecule has 0 aliphatic carbocycles. The van der Waals surface area contributed by atoms with Gasteiger partial charge in [-0.2, -0.15) is 4.98 Å². The van der Waals surface area contributed by atoms with E-state index in [0.29, 0.717) is 11.4 Å². The highest BCUT2D eigenvalue weighted by Gasteiger charge is 2.18. The SMILES string of the molecule is COc1ccc(-c2noc(-c3ccc(=O)n(CC(=O)N4CCCCC4)c3)n2)cc1. The van der Waals surface area contributed by atoms with E-state index in [9.17, 15) is 9.59 Å². The lowest BCUT2D eigenvalue weighted by molar-refractivity contribution is -0.132. The summed E-state index contributed by atoms with van der Waals surface area (Å²) in [5.74, 6) is 1.41. The Balaban J connectivity index is 1.54. The molecular weight excluding hydrogens is 372 g/mol. The number of aromatic nitrogens is 3. The second-order valence-electron chi connectivity index (χ2n) is 6.98. The van der Waals surface area contributed by atoms with Gasteiger partial charge < -0.3 is 18.7 Å². The van der Waals surface area contributed by atoms with Crippen molar-refractivity contribution in [2.24, 2.45) is 0 Å². The molecule has 1 aromatic carbocycles. The van der Waals surface area contributed by atoms with Crippen molar-refractivity contribution in [2.75, 3.05) is 20.2 Å². The number of benzene rings is 1. The Morgan fingerprint density at radius 1 is 1.07 bits per heavy atom. The first-order valence-electron chi connectivity index (χ1n) is 9.61. The molecule has 1 aliphatic rings. The minimum Gasteiger partial charge on any atom is -0.497 e. The quantitative estimate of drug-likeness (QED) is 0.661. The maximum atomic E-state index is 12.5. The molecule has 2 aromatic heterocycles. The molecule has 0 radical (unpaired) electrons. The first kappa shape index (κ1) is 18.9. The Bertz CT molecular complexity index is 1050. The van der Waals surface area contributed by atoms with Crippen LogP contribution in [0, 0.1) is 0 Å². The average Bonchev–Trinajstić information content (AvgIpc) is 3.26. The van der Waals surface area contributed by atoms with Crippen LogP contribution < -0.4 is 10.3 Å². The number of hydrogen-bond donors (Lipinski definition) is 0. The van der Waals surface area contributed by atoms with Gasteiger partial charge >= 0.3 is 0 Å². The van der Waals surface area contributed by atoms with E-state index < -0.39 is 0 Å². The third kappa shape index (κ3) is 4.21. The minimum atomic E-state index is -0.242. The summed E-state index contributed by atoms with van der Waals surface area (Å²) < 4.78 is 11.9. The summed E-state index contributed by atoms with van der Waals surface area (Å²) in [6.07, 6.45) is 4.76. The third-order valence-corrected chi connectivity index (χ3v) is 5.02. The van der Waals surface area contributed by atoms with Crippen LogP contribution >= 0.6 is 0 Å². The Morgan fingerprint density at radius 2 is 1.79 bits per heavy atom. The topological polar surface area (TPSA) is 90.5 Å². The van der Waals surface area contributed by atoms with Crippen molar-refractivity contribution in [1.29, 1.82) is 0 Å². The summed E-state index contributed by atoms with van der Waals surface area (Å²) in [6.45, 7) is 1.51. The van der Waals surface area contributed by atoms with Crippen molar-refractivity contribution in [3.05, 3.63) is 52.9 Å². The van der Waals surface area contributed by atoms with E-state index in [-0.39, 0.29) is 23.9 Å². The van der Waals surface area contributed by atoms with Gasteiger partial charge in [0.15, 0.2) is 0 Å². The predicted molar refractivity (Wildman–Crippen MR) is 106 cm³/mol. The molecule has 1 aliphatic heterocycles. The number of nitrogens with zero attached hydrogens (tertiary/aromatic N) is 4. The lowest BCUT2D eigenvalue weighted by Crippen LogP contribution is -2.39. The standard InChI is InChI=1S/C21H22N4O4/c1-28-17-8-5-15(6-9-17)20-22-21(29-23-20)16-7-10-18(26)25(13-16)14-19(27)24-11-3-2-4-12-24/h5-10,13H,2-4,11-12,14H2,1H3. The molecule has 0 spiro atoms. The van der Waals surface area contributed by atoms with E-state index in [0.717, 1.165) is 43.7 Å². The number of methoxy groups -OCH3 is 1. The lowest BCUT2D eigenvalue weighted by Gasteiger charge is -2.26. The Hall–Kier alpha value is -3.42. The fourth-order valence-corrected chi connectivity index (χ4v) is 3.37. The van der Waals surface area contributed by atoms with E-state index in [1.807, 2.05) is 29.2 Å². The van der Waals surface area contributed by atoms with Crippen LogP contribution in [0.2, 0.25) is 0 Å². The first-order chi connectivity index (χ1) is 14.1. The summed E-state index contributed by atoms with van der Waals surface area (Å²) in [4.78, 5) is 31.0. The molecule has 1 fully saturated rings. The van der Waals surface area contributed by atoms with Gasteiger partial charge in [0.25, 0.3) is 11.4 Å². The molecular formula is C21H22N4O4. The zero-order valence-corrected chi connectivity index (χ0v) is 16.2. The van der Waals surface area contributed by atoms with Crippen molar-refractivity contribution < 1.29 is 14.1 Å². The van der Waals surface area contributed by atoms with Crippen molar-refractivity contribution >= 4 is 5.91 Å². The summed E-state index contributed by atoms with van der Waals surface area (Å²) in [5, 5.41) is 4.02. The predicted octanol–water partition coefficient (Wildman–Crippen LogP) is 2.59. The second kappa shape index (κ2) is 8.30. The molecule has 8 nitrogen and oxygen atoms in total. The number of pyridine rings is 1. The maximum Gasteiger partial charge on any atom is 0.259 e. The maximum absolute atomic E-state index is 12.5. The van der Waals surface area contributed by atoms with Crippen LogP contribution in [0.3, 0.4) is 0 Å². The van der Waals surface area contributed by atoms with Crippen LogP contribution in [0.4, 0.5) is 0 Å². The van der Waals surface area contributed by atoms with Crippen LogP contribution in [-0.2, 0) is 11.3 Å². The molecule has 1 saturated heterocycles. The Kier molecular flexibility index (Phi) is 5.41. The molecule has 4 rings (SSSR count). The number of carbonyl (C=O) groups excluding carboxylic acids is 1. The van der Waals surface area contributed by atoms with Gasteiger partial charge in [-0.05, 0) is 49.6 Å². The minimum absolute atomic E-state index is 0.00610.